The standard InChI is InChI=1S/C33H33N3O6S2/c1-5-17-42-25-16-13-23(18-26(25)41-6-2)28-27(29(37)22-11-14-24(40-4)15-12-22)30(38)31(39)36(28)32-34-35-33(44-32)43-19-21-9-7-20(3)8-10-21/h7-16,18,28,37H,5-6,17,19H2,1-4H3. The van der Waals surface area contributed by atoms with Crippen LogP contribution in [0, 0.1) is 6.92 Å². The number of ether oxygens (including phenoxy) is 3. The number of aliphatic hydroxyl groups is 1. The fraction of sp³-hybridized carbons (Fsp3) is 0.273. The first-order chi connectivity index (χ1) is 21.3. The van der Waals surface area contributed by atoms with Gasteiger partial charge in [-0.3, -0.25) is 14.5 Å². The highest BCUT2D eigenvalue weighted by Gasteiger charge is 2.48. The number of aliphatic hydroxyl groups excluding tert-OH is 1. The Labute approximate surface area is 264 Å². The minimum atomic E-state index is -0.987. The lowest BCUT2D eigenvalue weighted by Gasteiger charge is -2.23. The fourth-order valence-electron chi connectivity index (χ4n) is 4.73. The number of ketones is 1. The molecule has 3 aromatic carbocycles. The highest BCUT2D eigenvalue weighted by molar-refractivity contribution is 8.00. The summed E-state index contributed by atoms with van der Waals surface area (Å²) in [7, 11) is 1.54. The highest BCUT2D eigenvalue weighted by atomic mass is 32.2. The van der Waals surface area contributed by atoms with Crippen molar-refractivity contribution in [3.8, 4) is 17.2 Å². The molecular weight excluding hydrogens is 599 g/mol. The summed E-state index contributed by atoms with van der Waals surface area (Å²) >= 11 is 2.71. The zero-order valence-corrected chi connectivity index (χ0v) is 26.5. The van der Waals surface area contributed by atoms with Crippen LogP contribution in [0.3, 0.4) is 0 Å². The molecule has 228 valence electrons. The van der Waals surface area contributed by atoms with Gasteiger partial charge in [-0.15, -0.1) is 10.2 Å². The first-order valence-electron chi connectivity index (χ1n) is 14.2. The second-order valence-corrected chi connectivity index (χ2v) is 12.2. The molecular formula is C33H33N3O6S2. The van der Waals surface area contributed by atoms with Crippen LogP contribution in [-0.2, 0) is 15.3 Å². The average molecular weight is 632 g/mol. The number of nitrogens with zero attached hydrogens (tertiary/aromatic N) is 3. The third-order valence-electron chi connectivity index (χ3n) is 6.94. The van der Waals surface area contributed by atoms with Gasteiger partial charge < -0.3 is 19.3 Å². The summed E-state index contributed by atoms with van der Waals surface area (Å²) in [5.41, 5.74) is 3.17. The van der Waals surface area contributed by atoms with Crippen LogP contribution in [0.5, 0.6) is 17.2 Å². The number of hydrogen-bond donors (Lipinski definition) is 1. The van der Waals surface area contributed by atoms with Gasteiger partial charge in [0, 0.05) is 11.3 Å². The maximum absolute atomic E-state index is 13.7. The summed E-state index contributed by atoms with van der Waals surface area (Å²) < 4.78 is 17.7. The third-order valence-corrected chi connectivity index (χ3v) is 9.06. The molecule has 1 atom stereocenters. The molecule has 1 unspecified atom stereocenters. The summed E-state index contributed by atoms with van der Waals surface area (Å²) in [6.45, 7) is 6.80. The number of aromatic nitrogens is 2. The molecule has 0 bridgehead atoms. The van der Waals surface area contributed by atoms with E-state index in [1.165, 1.54) is 33.6 Å². The minimum absolute atomic E-state index is 0.0612. The number of carbonyl (C=O) groups excluding carboxylic acids is 2. The van der Waals surface area contributed by atoms with Crippen LogP contribution in [-0.4, -0.2) is 47.3 Å². The lowest BCUT2D eigenvalue weighted by molar-refractivity contribution is -0.132. The molecule has 4 aromatic rings. The van der Waals surface area contributed by atoms with Crippen LogP contribution in [0.2, 0.25) is 0 Å². The minimum Gasteiger partial charge on any atom is -0.507 e. The van der Waals surface area contributed by atoms with Crippen LogP contribution in [0.4, 0.5) is 5.13 Å². The molecule has 5 rings (SSSR count). The Morgan fingerprint density at radius 1 is 0.977 bits per heavy atom. The monoisotopic (exact) mass is 631 g/mol. The molecule has 0 spiro atoms. The molecule has 1 N–H and O–H groups in total. The summed E-state index contributed by atoms with van der Waals surface area (Å²) in [6.07, 6.45) is 0.816. The molecule has 1 saturated heterocycles. The summed E-state index contributed by atoms with van der Waals surface area (Å²) in [5.74, 6) is 0.354. The van der Waals surface area contributed by atoms with Gasteiger partial charge in [-0.05, 0) is 67.8 Å². The molecule has 11 heteroatoms. The van der Waals surface area contributed by atoms with Crippen molar-refractivity contribution in [3.63, 3.8) is 0 Å². The highest BCUT2D eigenvalue weighted by Crippen LogP contribution is 2.45. The van der Waals surface area contributed by atoms with Gasteiger partial charge in [0.05, 0.1) is 31.9 Å². The van der Waals surface area contributed by atoms with Crippen molar-refractivity contribution in [2.75, 3.05) is 25.2 Å². The maximum Gasteiger partial charge on any atom is 0.301 e. The van der Waals surface area contributed by atoms with Crippen LogP contribution in [0.25, 0.3) is 5.76 Å². The molecule has 0 radical (unpaired) electrons. The number of carbonyl (C=O) groups is 2. The Balaban J connectivity index is 1.57. The largest absolute Gasteiger partial charge is 0.507 e. The normalized spacial score (nSPS) is 15.9. The van der Waals surface area contributed by atoms with Crippen LogP contribution in [0.1, 0.15) is 48.6 Å². The Kier molecular flexibility index (Phi) is 9.86. The van der Waals surface area contributed by atoms with E-state index in [0.29, 0.717) is 51.7 Å². The van der Waals surface area contributed by atoms with Gasteiger partial charge in [0.15, 0.2) is 15.8 Å². The van der Waals surface area contributed by atoms with Gasteiger partial charge >= 0.3 is 5.91 Å². The second-order valence-electron chi connectivity index (χ2n) is 10.0. The van der Waals surface area contributed by atoms with Crippen molar-refractivity contribution in [3.05, 3.63) is 94.6 Å². The molecule has 1 aliphatic heterocycles. The Morgan fingerprint density at radius 3 is 2.41 bits per heavy atom. The molecule has 2 heterocycles. The Morgan fingerprint density at radius 2 is 1.73 bits per heavy atom. The number of rotatable bonds is 12. The lowest BCUT2D eigenvalue weighted by atomic mass is 9.95. The lowest BCUT2D eigenvalue weighted by Crippen LogP contribution is -2.29. The molecule has 0 saturated carbocycles. The topological polar surface area (TPSA) is 111 Å². The van der Waals surface area contributed by atoms with Gasteiger partial charge in [0.2, 0.25) is 5.13 Å². The van der Waals surface area contributed by atoms with E-state index in [4.69, 9.17) is 14.2 Å². The fourth-order valence-corrected chi connectivity index (χ4v) is 6.55. The molecule has 44 heavy (non-hydrogen) atoms. The van der Waals surface area contributed by atoms with Crippen molar-refractivity contribution in [1.82, 2.24) is 10.2 Å². The van der Waals surface area contributed by atoms with Crippen LogP contribution >= 0.6 is 23.1 Å². The van der Waals surface area contributed by atoms with Gasteiger partial charge in [-0.1, -0.05) is 65.9 Å². The summed E-state index contributed by atoms with van der Waals surface area (Å²) in [6, 6.07) is 19.1. The second kappa shape index (κ2) is 14.0. The van der Waals surface area contributed by atoms with E-state index in [-0.39, 0.29) is 16.5 Å². The van der Waals surface area contributed by atoms with Gasteiger partial charge in [0.1, 0.15) is 11.5 Å². The Bertz CT molecular complexity index is 1670. The number of thioether (sulfide) groups is 1. The smallest absolute Gasteiger partial charge is 0.301 e. The zero-order chi connectivity index (χ0) is 31.2. The zero-order valence-electron chi connectivity index (χ0n) is 24.9. The third kappa shape index (κ3) is 6.58. The molecule has 9 nitrogen and oxygen atoms in total. The number of Topliss-reactive ketones (excluding diaryl/α,β-unsaturated/α-hetero) is 1. The molecule has 1 aliphatic rings. The van der Waals surface area contributed by atoms with E-state index < -0.39 is 17.7 Å². The van der Waals surface area contributed by atoms with E-state index in [9.17, 15) is 14.7 Å². The summed E-state index contributed by atoms with van der Waals surface area (Å²) in [5, 5.41) is 20.4. The molecule has 1 aromatic heterocycles. The SMILES string of the molecule is CCCOc1ccc(C2C(=C(O)c3ccc(OC)cc3)C(=O)C(=O)N2c2nnc(SCc3ccc(C)cc3)s2)cc1OCC. The quantitative estimate of drug-likeness (QED) is 0.0583. The van der Waals surface area contributed by atoms with Gasteiger partial charge in [-0.2, -0.15) is 0 Å². The number of amides is 1. The van der Waals surface area contributed by atoms with Crippen molar-refractivity contribution in [2.45, 2.75) is 43.3 Å². The van der Waals surface area contributed by atoms with Crippen molar-refractivity contribution in [1.29, 1.82) is 0 Å². The van der Waals surface area contributed by atoms with E-state index in [0.717, 1.165) is 12.0 Å². The van der Waals surface area contributed by atoms with Crippen LogP contribution in [0.15, 0.2) is 76.6 Å². The van der Waals surface area contributed by atoms with E-state index >= 15 is 0 Å². The number of benzene rings is 3. The summed E-state index contributed by atoms with van der Waals surface area (Å²) in [4.78, 5) is 28.6. The van der Waals surface area contributed by atoms with Crippen molar-refractivity contribution < 1.29 is 28.9 Å². The van der Waals surface area contributed by atoms with E-state index in [2.05, 4.69) is 34.5 Å². The molecule has 1 fully saturated rings. The number of hydrogen-bond acceptors (Lipinski definition) is 10. The molecule has 1 amide bonds. The number of anilines is 1. The predicted octanol–water partition coefficient (Wildman–Crippen LogP) is 6.96. The number of methoxy groups -OCH3 is 1. The van der Waals surface area contributed by atoms with Crippen LogP contribution < -0.4 is 19.1 Å². The van der Waals surface area contributed by atoms with Crippen molar-refractivity contribution in [2.24, 2.45) is 0 Å². The van der Waals surface area contributed by atoms with E-state index in [1.54, 1.807) is 49.6 Å². The van der Waals surface area contributed by atoms with Gasteiger partial charge in [0.25, 0.3) is 5.78 Å². The van der Waals surface area contributed by atoms with E-state index in [1.807, 2.05) is 20.8 Å². The Hall–Kier alpha value is -4.35. The average Bonchev–Trinajstić information content (AvgIpc) is 3.61. The maximum atomic E-state index is 13.7. The molecule has 0 aliphatic carbocycles. The number of aryl methyl sites for hydroxylation is 1. The van der Waals surface area contributed by atoms with Crippen molar-refractivity contribution >= 4 is 45.7 Å². The van der Waals surface area contributed by atoms with Gasteiger partial charge in [-0.25, -0.2) is 0 Å². The first-order valence-corrected chi connectivity index (χ1v) is 16.0. The predicted molar refractivity (Wildman–Crippen MR) is 172 cm³/mol. The first kappa shape index (κ1) is 31.1.